The van der Waals surface area contributed by atoms with E-state index in [0.29, 0.717) is 0 Å². The van der Waals surface area contributed by atoms with Gasteiger partial charge in [-0.2, -0.15) is 0 Å². The summed E-state index contributed by atoms with van der Waals surface area (Å²) in [5.74, 6) is 0.928. The van der Waals surface area contributed by atoms with Gasteiger partial charge in [0.2, 0.25) is 0 Å². The molecule has 1 unspecified atom stereocenters. The first-order valence-electron chi connectivity index (χ1n) is 6.69. The van der Waals surface area contributed by atoms with Gasteiger partial charge in [0.25, 0.3) is 0 Å². The number of hydrogen-bond donors (Lipinski definition) is 1. The molecule has 2 heteroatoms. The minimum Gasteiger partial charge on any atom is -0.496 e. The Morgan fingerprint density at radius 1 is 1.00 bits per heavy atom. The smallest absolute Gasteiger partial charge is 0.123 e. The number of ether oxygens (including phenoxy) is 1. The third kappa shape index (κ3) is 2.96. The second kappa shape index (κ2) is 6.39. The number of benzene rings is 2. The molecule has 19 heavy (non-hydrogen) atoms. The average molecular weight is 255 g/mol. The first-order valence-corrected chi connectivity index (χ1v) is 6.69. The van der Waals surface area contributed by atoms with Gasteiger partial charge in [0.05, 0.1) is 13.2 Å². The summed E-state index contributed by atoms with van der Waals surface area (Å²) in [6.07, 6.45) is 0. The van der Waals surface area contributed by atoms with E-state index in [1.807, 2.05) is 12.1 Å². The van der Waals surface area contributed by atoms with Crippen LogP contribution >= 0.6 is 0 Å². The Morgan fingerprint density at radius 3 is 2.26 bits per heavy atom. The second-order valence-corrected chi connectivity index (χ2v) is 4.59. The molecule has 1 N–H and O–H groups in total. The Morgan fingerprint density at radius 2 is 1.63 bits per heavy atom. The molecule has 0 fully saturated rings. The van der Waals surface area contributed by atoms with Gasteiger partial charge in [0, 0.05) is 5.56 Å². The van der Waals surface area contributed by atoms with Gasteiger partial charge in [-0.25, -0.2) is 0 Å². The molecule has 0 heterocycles. The minimum absolute atomic E-state index is 0.169. The van der Waals surface area contributed by atoms with Crippen LogP contribution in [-0.4, -0.2) is 13.7 Å². The molecule has 100 valence electrons. The van der Waals surface area contributed by atoms with Gasteiger partial charge in [-0.15, -0.1) is 0 Å². The van der Waals surface area contributed by atoms with Crippen molar-refractivity contribution in [3.63, 3.8) is 0 Å². The zero-order valence-electron chi connectivity index (χ0n) is 11.8. The molecule has 0 amide bonds. The summed E-state index contributed by atoms with van der Waals surface area (Å²) < 4.78 is 5.49. The molecular weight excluding hydrogens is 234 g/mol. The van der Waals surface area contributed by atoms with Crippen LogP contribution in [0.5, 0.6) is 5.75 Å². The molecule has 2 nitrogen and oxygen atoms in total. The van der Waals surface area contributed by atoms with Gasteiger partial charge in [0.1, 0.15) is 5.75 Å². The number of rotatable bonds is 5. The van der Waals surface area contributed by atoms with E-state index in [0.717, 1.165) is 12.3 Å². The second-order valence-electron chi connectivity index (χ2n) is 4.59. The number of hydrogen-bond acceptors (Lipinski definition) is 2. The van der Waals surface area contributed by atoms with Gasteiger partial charge >= 0.3 is 0 Å². The van der Waals surface area contributed by atoms with Gasteiger partial charge in [0.15, 0.2) is 0 Å². The first kappa shape index (κ1) is 13.6. The first-order chi connectivity index (χ1) is 9.27. The Bertz CT molecular complexity index is 536. The highest BCUT2D eigenvalue weighted by atomic mass is 16.5. The molecule has 0 aliphatic carbocycles. The van der Waals surface area contributed by atoms with E-state index < -0.39 is 0 Å². The molecule has 2 rings (SSSR count). The van der Waals surface area contributed by atoms with Gasteiger partial charge in [-0.3, -0.25) is 0 Å². The summed E-state index contributed by atoms with van der Waals surface area (Å²) in [5, 5.41) is 3.55. The molecule has 1 atom stereocenters. The zero-order valence-corrected chi connectivity index (χ0v) is 11.8. The van der Waals surface area contributed by atoms with Crippen LogP contribution in [0.4, 0.5) is 0 Å². The van der Waals surface area contributed by atoms with Crippen molar-refractivity contribution in [1.29, 1.82) is 0 Å². The average Bonchev–Trinajstić information content (AvgIpc) is 2.46. The fourth-order valence-electron chi connectivity index (χ4n) is 2.41. The Balaban J connectivity index is 2.49. The Hall–Kier alpha value is -1.80. The van der Waals surface area contributed by atoms with E-state index >= 15 is 0 Å². The van der Waals surface area contributed by atoms with E-state index in [1.54, 1.807) is 7.11 Å². The van der Waals surface area contributed by atoms with Crippen molar-refractivity contribution in [2.75, 3.05) is 13.7 Å². The van der Waals surface area contributed by atoms with Gasteiger partial charge in [-0.1, -0.05) is 49.4 Å². The van der Waals surface area contributed by atoms with Crippen LogP contribution in [0.15, 0.2) is 48.5 Å². The van der Waals surface area contributed by atoms with Crippen LogP contribution in [0.2, 0.25) is 0 Å². The Labute approximate surface area is 115 Å². The lowest BCUT2D eigenvalue weighted by atomic mass is 9.94. The highest BCUT2D eigenvalue weighted by Gasteiger charge is 2.18. The normalized spacial score (nSPS) is 12.2. The van der Waals surface area contributed by atoms with Gasteiger partial charge < -0.3 is 10.1 Å². The van der Waals surface area contributed by atoms with E-state index in [4.69, 9.17) is 4.74 Å². The van der Waals surface area contributed by atoms with Crippen molar-refractivity contribution < 1.29 is 4.74 Å². The summed E-state index contributed by atoms with van der Waals surface area (Å²) in [6.45, 7) is 5.19. The molecular formula is C17H21NO. The zero-order chi connectivity index (χ0) is 13.7. The van der Waals surface area contributed by atoms with E-state index in [9.17, 15) is 0 Å². The highest BCUT2D eigenvalue weighted by Crippen LogP contribution is 2.31. The predicted octanol–water partition coefficient (Wildman–Crippen LogP) is 3.70. The van der Waals surface area contributed by atoms with Gasteiger partial charge in [-0.05, 0) is 30.7 Å². The van der Waals surface area contributed by atoms with Crippen molar-refractivity contribution in [2.24, 2.45) is 0 Å². The van der Waals surface area contributed by atoms with E-state index in [1.165, 1.54) is 16.7 Å². The van der Waals surface area contributed by atoms with Crippen LogP contribution in [0, 0.1) is 6.92 Å². The monoisotopic (exact) mass is 255 g/mol. The standard InChI is InChI=1S/C17H21NO/c1-4-18-17(14-10-6-5-9-13(14)2)15-11-7-8-12-16(15)19-3/h5-12,17-18H,4H2,1-3H3. The molecule has 0 aliphatic rings. The summed E-state index contributed by atoms with van der Waals surface area (Å²) in [4.78, 5) is 0. The summed E-state index contributed by atoms with van der Waals surface area (Å²) in [5.41, 5.74) is 3.77. The molecule has 0 aliphatic heterocycles. The fraction of sp³-hybridized carbons (Fsp3) is 0.294. The molecule has 0 spiro atoms. The number of methoxy groups -OCH3 is 1. The van der Waals surface area contributed by atoms with Crippen LogP contribution in [-0.2, 0) is 0 Å². The van der Waals surface area contributed by atoms with Crippen molar-refractivity contribution in [3.8, 4) is 5.75 Å². The number of aryl methyl sites for hydroxylation is 1. The molecule has 0 saturated carbocycles. The minimum atomic E-state index is 0.169. The van der Waals surface area contributed by atoms with Crippen LogP contribution in [0.25, 0.3) is 0 Å². The Kier molecular flexibility index (Phi) is 4.58. The summed E-state index contributed by atoms with van der Waals surface area (Å²) in [7, 11) is 1.72. The number of para-hydroxylation sites is 1. The maximum absolute atomic E-state index is 5.49. The molecule has 0 saturated heterocycles. The van der Waals surface area contributed by atoms with E-state index in [2.05, 4.69) is 55.6 Å². The van der Waals surface area contributed by atoms with Crippen LogP contribution in [0.3, 0.4) is 0 Å². The molecule has 0 radical (unpaired) electrons. The molecule has 2 aromatic carbocycles. The lowest BCUT2D eigenvalue weighted by molar-refractivity contribution is 0.404. The SMILES string of the molecule is CCNC(c1ccccc1C)c1ccccc1OC. The van der Waals surface area contributed by atoms with Crippen molar-refractivity contribution in [1.82, 2.24) is 5.32 Å². The molecule has 0 aromatic heterocycles. The predicted molar refractivity (Wildman–Crippen MR) is 79.7 cm³/mol. The topological polar surface area (TPSA) is 21.3 Å². The van der Waals surface area contributed by atoms with Crippen LogP contribution in [0.1, 0.15) is 29.7 Å². The van der Waals surface area contributed by atoms with Crippen molar-refractivity contribution in [3.05, 3.63) is 65.2 Å². The summed E-state index contributed by atoms with van der Waals surface area (Å²) in [6, 6.07) is 16.8. The lowest BCUT2D eigenvalue weighted by Crippen LogP contribution is -2.23. The lowest BCUT2D eigenvalue weighted by Gasteiger charge is -2.22. The van der Waals surface area contributed by atoms with Crippen molar-refractivity contribution in [2.45, 2.75) is 19.9 Å². The van der Waals surface area contributed by atoms with Crippen molar-refractivity contribution >= 4 is 0 Å². The third-order valence-corrected chi connectivity index (χ3v) is 3.36. The fourth-order valence-corrected chi connectivity index (χ4v) is 2.41. The number of nitrogens with one attached hydrogen (secondary N) is 1. The van der Waals surface area contributed by atoms with Crippen LogP contribution < -0.4 is 10.1 Å². The van der Waals surface area contributed by atoms with E-state index in [-0.39, 0.29) is 6.04 Å². The quantitative estimate of drug-likeness (QED) is 0.879. The third-order valence-electron chi connectivity index (χ3n) is 3.36. The maximum atomic E-state index is 5.49. The molecule has 0 bridgehead atoms. The maximum Gasteiger partial charge on any atom is 0.123 e. The molecule has 2 aromatic rings. The summed E-state index contributed by atoms with van der Waals surface area (Å²) >= 11 is 0. The highest BCUT2D eigenvalue weighted by molar-refractivity contribution is 5.43. The largest absolute Gasteiger partial charge is 0.496 e.